The van der Waals surface area contributed by atoms with Crippen molar-refractivity contribution >= 4 is 34.7 Å². The molecule has 2 aromatic carbocycles. The van der Waals surface area contributed by atoms with Gasteiger partial charge in [-0.1, -0.05) is 56.3 Å². The average molecular weight is 514 g/mol. The molecule has 1 saturated heterocycles. The van der Waals surface area contributed by atoms with Gasteiger partial charge in [0.15, 0.2) is 0 Å². The van der Waals surface area contributed by atoms with Gasteiger partial charge in [0.25, 0.3) is 0 Å². The molecule has 5 rings (SSSR count). The van der Waals surface area contributed by atoms with E-state index in [1.165, 1.54) is 7.11 Å². The van der Waals surface area contributed by atoms with Crippen molar-refractivity contribution in [3.8, 4) is 0 Å². The third-order valence-electron chi connectivity index (χ3n) is 7.83. The number of hydrogen-bond donors (Lipinski definition) is 1. The number of carbonyl (C=O) groups excluding carboxylic acids is 2. The van der Waals surface area contributed by atoms with Gasteiger partial charge in [0.05, 0.1) is 24.6 Å². The fourth-order valence-corrected chi connectivity index (χ4v) is 5.38. The Morgan fingerprint density at radius 2 is 1.76 bits per heavy atom. The average Bonchev–Trinajstić information content (AvgIpc) is 3.67. The van der Waals surface area contributed by atoms with Crippen molar-refractivity contribution in [3.63, 3.8) is 0 Å². The maximum absolute atomic E-state index is 12.7. The van der Waals surface area contributed by atoms with Gasteiger partial charge in [-0.2, -0.15) is 0 Å². The van der Waals surface area contributed by atoms with Crippen LogP contribution < -0.4 is 5.32 Å². The molecule has 0 bridgehead atoms. The van der Waals surface area contributed by atoms with E-state index in [0.717, 1.165) is 47.6 Å². The first-order chi connectivity index (χ1) is 18.4. The molecule has 8 nitrogen and oxygen atoms in total. The maximum atomic E-state index is 12.7. The topological polar surface area (TPSA) is 87.7 Å². The monoisotopic (exact) mass is 513 g/mol. The van der Waals surface area contributed by atoms with Crippen LogP contribution in [0.2, 0.25) is 0 Å². The first kappa shape index (κ1) is 25.9. The zero-order chi connectivity index (χ0) is 26.7. The summed E-state index contributed by atoms with van der Waals surface area (Å²) in [5.74, 6) is 1.49. The molecule has 0 radical (unpaired) electrons. The molecular formula is C30H35N5O3. The summed E-state index contributed by atoms with van der Waals surface area (Å²) in [5.41, 5.74) is 1.35. The van der Waals surface area contributed by atoms with Gasteiger partial charge in [0.2, 0.25) is 5.91 Å². The molecule has 2 unspecified atom stereocenters. The van der Waals surface area contributed by atoms with E-state index in [1.807, 2.05) is 65.6 Å². The number of anilines is 1. The van der Waals surface area contributed by atoms with Crippen LogP contribution in [-0.2, 0) is 20.9 Å². The van der Waals surface area contributed by atoms with Crippen LogP contribution in [0.4, 0.5) is 5.82 Å². The lowest BCUT2D eigenvalue weighted by molar-refractivity contribution is -0.149. The number of piperazine rings is 1. The number of hydrogen-bond acceptors (Lipinski definition) is 7. The number of nitrogens with zero attached hydrogens (tertiary/aromatic N) is 4. The van der Waals surface area contributed by atoms with Crippen LogP contribution >= 0.6 is 0 Å². The third kappa shape index (κ3) is 5.27. The minimum atomic E-state index is -0.529. The molecule has 1 N–H and O–H groups in total. The minimum absolute atomic E-state index is 0.0281. The van der Waals surface area contributed by atoms with Gasteiger partial charge in [-0.25, -0.2) is 9.97 Å². The number of para-hydroxylation sites is 1. The molecule has 1 aliphatic heterocycles. The molecule has 1 aliphatic carbocycles. The van der Waals surface area contributed by atoms with E-state index >= 15 is 0 Å². The fraction of sp³-hybridized carbons (Fsp3) is 0.400. The van der Waals surface area contributed by atoms with Crippen LogP contribution in [0.3, 0.4) is 0 Å². The number of fused-ring (bicyclic) bond motifs is 1. The van der Waals surface area contributed by atoms with Gasteiger partial charge in [-0.3, -0.25) is 14.5 Å². The molecule has 3 aromatic rings. The Hall–Kier alpha value is -3.78. The van der Waals surface area contributed by atoms with E-state index in [-0.39, 0.29) is 23.8 Å². The van der Waals surface area contributed by atoms with Crippen molar-refractivity contribution in [1.82, 2.24) is 19.8 Å². The molecule has 1 amide bonds. The summed E-state index contributed by atoms with van der Waals surface area (Å²) in [7, 11) is 1.45. The molecule has 1 aromatic heterocycles. The summed E-state index contributed by atoms with van der Waals surface area (Å²) in [4.78, 5) is 39.1. The molecule has 1 saturated carbocycles. The lowest BCUT2D eigenvalue weighted by atomic mass is 9.91. The highest BCUT2D eigenvalue weighted by Gasteiger charge is 2.63. The van der Waals surface area contributed by atoms with Crippen molar-refractivity contribution in [2.45, 2.75) is 32.9 Å². The smallest absolute Gasteiger partial charge is 0.314 e. The van der Waals surface area contributed by atoms with Gasteiger partial charge >= 0.3 is 5.97 Å². The van der Waals surface area contributed by atoms with Crippen LogP contribution in [0.1, 0.15) is 31.7 Å². The van der Waals surface area contributed by atoms with Gasteiger partial charge in [0, 0.05) is 43.7 Å². The van der Waals surface area contributed by atoms with E-state index in [1.54, 1.807) is 6.08 Å². The zero-order valence-electron chi connectivity index (χ0n) is 22.3. The van der Waals surface area contributed by atoms with E-state index in [2.05, 4.69) is 24.1 Å². The molecule has 2 fully saturated rings. The number of benzene rings is 2. The van der Waals surface area contributed by atoms with E-state index in [9.17, 15) is 9.59 Å². The second-order valence-electron chi connectivity index (χ2n) is 10.4. The Labute approximate surface area is 223 Å². The number of nitrogens with one attached hydrogen (secondary N) is 1. The first-order valence-corrected chi connectivity index (χ1v) is 13.3. The minimum Gasteiger partial charge on any atom is -0.469 e. The third-order valence-corrected chi connectivity index (χ3v) is 7.83. The van der Waals surface area contributed by atoms with E-state index < -0.39 is 5.41 Å². The fourth-order valence-electron chi connectivity index (χ4n) is 5.38. The van der Waals surface area contributed by atoms with Crippen LogP contribution in [0, 0.1) is 11.3 Å². The molecule has 198 valence electrons. The number of methoxy groups -OCH3 is 1. The molecule has 38 heavy (non-hydrogen) atoms. The van der Waals surface area contributed by atoms with Crippen LogP contribution in [-0.4, -0.2) is 71.0 Å². The molecule has 2 atom stereocenters. The van der Waals surface area contributed by atoms with Crippen molar-refractivity contribution < 1.29 is 14.3 Å². The molecular weight excluding hydrogens is 478 g/mol. The van der Waals surface area contributed by atoms with E-state index in [0.29, 0.717) is 19.6 Å². The van der Waals surface area contributed by atoms with Gasteiger partial charge in [-0.15, -0.1) is 0 Å². The summed E-state index contributed by atoms with van der Waals surface area (Å²) in [6.45, 7) is 7.55. The Morgan fingerprint density at radius 3 is 2.47 bits per heavy atom. The Morgan fingerprint density at radius 1 is 1.05 bits per heavy atom. The molecule has 0 spiro atoms. The summed E-state index contributed by atoms with van der Waals surface area (Å²) in [6, 6.07) is 17.8. The number of rotatable bonds is 8. The lowest BCUT2D eigenvalue weighted by Crippen LogP contribution is -2.48. The molecule has 8 heteroatoms. The quantitative estimate of drug-likeness (QED) is 0.360. The highest BCUT2D eigenvalue weighted by Crippen LogP contribution is 2.54. The van der Waals surface area contributed by atoms with Crippen molar-refractivity contribution in [1.29, 1.82) is 0 Å². The van der Waals surface area contributed by atoms with Crippen LogP contribution in [0.15, 0.2) is 60.7 Å². The predicted octanol–water partition coefficient (Wildman–Crippen LogP) is 3.99. The van der Waals surface area contributed by atoms with Gasteiger partial charge in [-0.05, 0) is 36.1 Å². The number of aromatic nitrogens is 2. The molecule has 2 aliphatic rings. The number of ether oxygens (including phenoxy) is 1. The van der Waals surface area contributed by atoms with Crippen LogP contribution in [0.5, 0.6) is 0 Å². The second kappa shape index (κ2) is 10.9. The normalized spacial score (nSPS) is 21.7. The van der Waals surface area contributed by atoms with Crippen molar-refractivity contribution in [2.75, 3.05) is 38.6 Å². The first-order valence-electron chi connectivity index (χ1n) is 13.3. The van der Waals surface area contributed by atoms with E-state index in [4.69, 9.17) is 14.7 Å². The maximum Gasteiger partial charge on any atom is 0.314 e. The highest BCUT2D eigenvalue weighted by molar-refractivity contribution is 5.92. The standard InChI is InChI=1S/C30H35N5O3/c1-21(2)30(29(37)38-3)19-25(30)32-28-23-11-7-8-12-24(23)31-26(33-28)20-34-15-17-35(18-16-34)27(36)14-13-22-9-5-4-6-10-22/h4-14,21,25H,15-20H2,1-3H3,(H,31,32,33)/b14-13+. The van der Waals surface area contributed by atoms with Gasteiger partial charge in [0.1, 0.15) is 11.6 Å². The summed E-state index contributed by atoms with van der Waals surface area (Å²) < 4.78 is 5.13. The number of esters is 1. The number of carbonyl (C=O) groups is 2. The summed E-state index contributed by atoms with van der Waals surface area (Å²) in [6.07, 6.45) is 4.23. The summed E-state index contributed by atoms with van der Waals surface area (Å²) in [5, 5.41) is 4.48. The Bertz CT molecular complexity index is 1330. The highest BCUT2D eigenvalue weighted by atomic mass is 16.5. The number of amides is 1. The van der Waals surface area contributed by atoms with Crippen LogP contribution in [0.25, 0.3) is 17.0 Å². The SMILES string of the molecule is COC(=O)C1(C(C)C)CC1Nc1nc(CN2CCN(C(=O)/C=C/c3ccccc3)CC2)nc2ccccc12. The second-order valence-corrected chi connectivity index (χ2v) is 10.4. The Balaban J connectivity index is 1.25. The van der Waals surface area contributed by atoms with Crippen molar-refractivity contribution in [2.24, 2.45) is 11.3 Å². The predicted molar refractivity (Wildman–Crippen MR) is 148 cm³/mol. The Kier molecular flexibility index (Phi) is 7.42. The van der Waals surface area contributed by atoms with Crippen molar-refractivity contribution in [3.05, 3.63) is 72.1 Å². The zero-order valence-corrected chi connectivity index (χ0v) is 22.3. The summed E-state index contributed by atoms with van der Waals surface area (Å²) >= 11 is 0. The molecule has 2 heterocycles. The largest absolute Gasteiger partial charge is 0.469 e. The van der Waals surface area contributed by atoms with Gasteiger partial charge < -0.3 is 15.0 Å². The lowest BCUT2D eigenvalue weighted by Gasteiger charge is -2.33.